The van der Waals surface area contributed by atoms with Gasteiger partial charge in [-0.1, -0.05) is 72.3 Å². The summed E-state index contributed by atoms with van der Waals surface area (Å²) in [5.41, 5.74) is 4.70. The molecule has 0 heterocycles. The van der Waals surface area contributed by atoms with E-state index in [0.29, 0.717) is 30.3 Å². The van der Waals surface area contributed by atoms with E-state index in [9.17, 15) is 5.26 Å². The van der Waals surface area contributed by atoms with Crippen LogP contribution in [-0.4, -0.2) is 6.61 Å². The van der Waals surface area contributed by atoms with Crippen LogP contribution in [0.2, 0.25) is 0 Å². The first-order valence-electron chi connectivity index (χ1n) is 10.7. The summed E-state index contributed by atoms with van der Waals surface area (Å²) < 4.78 is 11.9. The predicted octanol–water partition coefficient (Wildman–Crippen LogP) is 7.19. The molecule has 0 aromatic heterocycles. The molecule has 0 atom stereocenters. The second-order valence-electron chi connectivity index (χ2n) is 7.65. The summed E-state index contributed by atoms with van der Waals surface area (Å²) in [6.45, 7) is 5.02. The Labute approximate surface area is 189 Å². The highest BCUT2D eigenvalue weighted by atomic mass is 16.5. The number of nitrogens with zero attached hydrogens (tertiary/aromatic N) is 1. The topological polar surface area (TPSA) is 42.2 Å². The molecule has 32 heavy (non-hydrogen) atoms. The fourth-order valence-electron chi connectivity index (χ4n) is 3.67. The molecule has 0 fully saturated rings. The summed E-state index contributed by atoms with van der Waals surface area (Å²) in [4.78, 5) is 0. The van der Waals surface area contributed by atoms with Crippen molar-refractivity contribution < 1.29 is 9.47 Å². The van der Waals surface area contributed by atoms with E-state index in [1.54, 1.807) is 0 Å². The Hall–Kier alpha value is -4.03. The van der Waals surface area contributed by atoms with Crippen molar-refractivity contribution in [1.82, 2.24) is 0 Å². The number of ether oxygens (including phenoxy) is 2. The SMILES string of the molecule is CCOc1cc(/C=C(/C#N)c2ccc3ccccc3c2)ccc1OCc1cccc(C)c1. The average molecular weight is 420 g/mol. The van der Waals surface area contributed by atoms with E-state index < -0.39 is 0 Å². The summed E-state index contributed by atoms with van der Waals surface area (Å²) >= 11 is 0. The molecule has 0 radical (unpaired) electrons. The molecular weight excluding hydrogens is 394 g/mol. The van der Waals surface area contributed by atoms with Crippen LogP contribution in [0.4, 0.5) is 0 Å². The van der Waals surface area contributed by atoms with Gasteiger partial charge in [0.05, 0.1) is 18.2 Å². The summed E-state index contributed by atoms with van der Waals surface area (Å²) in [5, 5.41) is 12.1. The van der Waals surface area contributed by atoms with Gasteiger partial charge in [-0.15, -0.1) is 0 Å². The highest BCUT2D eigenvalue weighted by Gasteiger charge is 2.09. The second-order valence-corrected chi connectivity index (χ2v) is 7.65. The lowest BCUT2D eigenvalue weighted by Crippen LogP contribution is -2.00. The average Bonchev–Trinajstić information content (AvgIpc) is 2.82. The van der Waals surface area contributed by atoms with E-state index >= 15 is 0 Å². The molecule has 0 bridgehead atoms. The summed E-state index contributed by atoms with van der Waals surface area (Å²) in [6.07, 6.45) is 1.89. The number of benzene rings is 4. The van der Waals surface area contributed by atoms with Gasteiger partial charge in [-0.25, -0.2) is 0 Å². The Morgan fingerprint density at radius 1 is 0.844 bits per heavy atom. The van der Waals surface area contributed by atoms with Crippen molar-refractivity contribution in [3.8, 4) is 17.6 Å². The van der Waals surface area contributed by atoms with E-state index in [1.165, 1.54) is 5.56 Å². The van der Waals surface area contributed by atoms with Crippen LogP contribution in [0.3, 0.4) is 0 Å². The number of fused-ring (bicyclic) bond motifs is 1. The molecule has 0 aliphatic rings. The summed E-state index contributed by atoms with van der Waals surface area (Å²) in [7, 11) is 0. The number of hydrogen-bond donors (Lipinski definition) is 0. The van der Waals surface area contributed by atoms with E-state index in [2.05, 4.69) is 37.3 Å². The van der Waals surface area contributed by atoms with Gasteiger partial charge < -0.3 is 9.47 Å². The number of allylic oxidation sites excluding steroid dienone is 1. The minimum Gasteiger partial charge on any atom is -0.490 e. The Balaban J connectivity index is 1.61. The van der Waals surface area contributed by atoms with Crippen molar-refractivity contribution in [3.05, 3.63) is 107 Å². The van der Waals surface area contributed by atoms with E-state index in [-0.39, 0.29) is 0 Å². The van der Waals surface area contributed by atoms with Gasteiger partial charge in [0.25, 0.3) is 0 Å². The first-order valence-corrected chi connectivity index (χ1v) is 10.7. The van der Waals surface area contributed by atoms with Crippen LogP contribution >= 0.6 is 0 Å². The maximum Gasteiger partial charge on any atom is 0.161 e. The lowest BCUT2D eigenvalue weighted by molar-refractivity contribution is 0.269. The van der Waals surface area contributed by atoms with Gasteiger partial charge in [-0.2, -0.15) is 5.26 Å². The zero-order valence-corrected chi connectivity index (χ0v) is 18.3. The van der Waals surface area contributed by atoms with Crippen molar-refractivity contribution in [2.24, 2.45) is 0 Å². The maximum atomic E-state index is 9.80. The highest BCUT2D eigenvalue weighted by Crippen LogP contribution is 2.31. The molecule has 0 spiro atoms. The van der Waals surface area contributed by atoms with Crippen molar-refractivity contribution >= 4 is 22.4 Å². The van der Waals surface area contributed by atoms with E-state index in [0.717, 1.165) is 27.5 Å². The van der Waals surface area contributed by atoms with Gasteiger partial charge in [0.2, 0.25) is 0 Å². The van der Waals surface area contributed by atoms with Gasteiger partial charge in [0.1, 0.15) is 6.61 Å². The van der Waals surface area contributed by atoms with Crippen molar-refractivity contribution in [1.29, 1.82) is 5.26 Å². The standard InChI is InChI=1S/C29H25NO2/c1-3-31-29-17-22(11-14-28(29)32-20-23-8-6-7-21(2)15-23)16-27(19-30)26-13-12-24-9-4-5-10-25(24)18-26/h4-18H,3,20H2,1-2H3/b27-16-. The first kappa shape index (κ1) is 21.2. The van der Waals surface area contributed by atoms with Crippen LogP contribution in [0.15, 0.2) is 84.9 Å². The Morgan fingerprint density at radius 2 is 1.69 bits per heavy atom. The van der Waals surface area contributed by atoms with Gasteiger partial charge in [0, 0.05) is 0 Å². The van der Waals surface area contributed by atoms with E-state index in [1.807, 2.05) is 73.7 Å². The van der Waals surface area contributed by atoms with Crippen LogP contribution in [0.1, 0.15) is 29.2 Å². The van der Waals surface area contributed by atoms with Crippen molar-refractivity contribution in [3.63, 3.8) is 0 Å². The number of aryl methyl sites for hydroxylation is 1. The maximum absolute atomic E-state index is 9.80. The third-order valence-electron chi connectivity index (χ3n) is 5.24. The molecule has 0 saturated heterocycles. The third kappa shape index (κ3) is 4.99. The fraction of sp³-hybridized carbons (Fsp3) is 0.138. The molecule has 0 aliphatic heterocycles. The lowest BCUT2D eigenvalue weighted by atomic mass is 10.00. The zero-order chi connectivity index (χ0) is 22.3. The molecule has 0 aliphatic carbocycles. The quantitative estimate of drug-likeness (QED) is 0.235. The Morgan fingerprint density at radius 3 is 2.47 bits per heavy atom. The molecule has 0 saturated carbocycles. The van der Waals surface area contributed by atoms with Crippen LogP contribution in [0.5, 0.6) is 11.5 Å². The Bertz CT molecular complexity index is 1310. The molecular formula is C29H25NO2. The molecule has 3 nitrogen and oxygen atoms in total. The van der Waals surface area contributed by atoms with Gasteiger partial charge in [-0.05, 0) is 65.6 Å². The van der Waals surface area contributed by atoms with Gasteiger partial charge in [0.15, 0.2) is 11.5 Å². The van der Waals surface area contributed by atoms with Crippen LogP contribution < -0.4 is 9.47 Å². The van der Waals surface area contributed by atoms with Crippen LogP contribution in [-0.2, 0) is 6.61 Å². The zero-order valence-electron chi connectivity index (χ0n) is 18.3. The normalized spacial score (nSPS) is 11.2. The minimum atomic E-state index is 0.470. The molecule has 4 aromatic rings. The Kier molecular flexibility index (Phi) is 6.53. The highest BCUT2D eigenvalue weighted by molar-refractivity contribution is 5.94. The number of rotatable bonds is 7. The molecule has 4 rings (SSSR count). The molecule has 4 aromatic carbocycles. The monoisotopic (exact) mass is 419 g/mol. The molecule has 3 heteroatoms. The third-order valence-corrected chi connectivity index (χ3v) is 5.24. The van der Waals surface area contributed by atoms with Crippen LogP contribution in [0.25, 0.3) is 22.4 Å². The predicted molar refractivity (Wildman–Crippen MR) is 131 cm³/mol. The minimum absolute atomic E-state index is 0.470. The van der Waals surface area contributed by atoms with Gasteiger partial charge in [-0.3, -0.25) is 0 Å². The van der Waals surface area contributed by atoms with Crippen molar-refractivity contribution in [2.75, 3.05) is 6.61 Å². The fourth-order valence-corrected chi connectivity index (χ4v) is 3.67. The summed E-state index contributed by atoms with van der Waals surface area (Å²) in [5.74, 6) is 1.36. The van der Waals surface area contributed by atoms with E-state index in [4.69, 9.17) is 9.47 Å². The number of hydrogen-bond acceptors (Lipinski definition) is 3. The van der Waals surface area contributed by atoms with Gasteiger partial charge >= 0.3 is 0 Å². The molecule has 0 N–H and O–H groups in total. The first-order chi connectivity index (χ1) is 15.7. The van der Waals surface area contributed by atoms with Crippen LogP contribution in [0, 0.1) is 18.3 Å². The lowest BCUT2D eigenvalue weighted by Gasteiger charge is -2.13. The van der Waals surface area contributed by atoms with Crippen molar-refractivity contribution in [2.45, 2.75) is 20.5 Å². The molecule has 0 unspecified atom stereocenters. The largest absolute Gasteiger partial charge is 0.490 e. The second kappa shape index (κ2) is 9.85. The molecule has 158 valence electrons. The number of nitriles is 1. The summed E-state index contributed by atoms with van der Waals surface area (Å²) in [6, 6.07) is 30.6. The smallest absolute Gasteiger partial charge is 0.161 e. The molecule has 0 amide bonds.